The minimum atomic E-state index is 0.482. The van der Waals surface area contributed by atoms with Crippen molar-refractivity contribution in [1.82, 2.24) is 9.80 Å². The van der Waals surface area contributed by atoms with Crippen molar-refractivity contribution in [2.24, 2.45) is 0 Å². The molecular formula is C21H28N2. The fourth-order valence-corrected chi connectivity index (χ4v) is 3.48. The van der Waals surface area contributed by atoms with Gasteiger partial charge in [-0.2, -0.15) is 0 Å². The minimum Gasteiger partial charge on any atom is -0.288 e. The molecule has 1 saturated heterocycles. The first-order chi connectivity index (χ1) is 11.3. The number of hydrogen-bond acceptors (Lipinski definition) is 2. The highest BCUT2D eigenvalue weighted by Crippen LogP contribution is 2.19. The quantitative estimate of drug-likeness (QED) is 0.774. The van der Waals surface area contributed by atoms with E-state index in [9.17, 15) is 0 Å². The summed E-state index contributed by atoms with van der Waals surface area (Å²) in [5, 5.41) is 0. The third-order valence-electron chi connectivity index (χ3n) is 4.90. The Kier molecular flexibility index (Phi) is 5.84. The normalized spacial score (nSPS) is 17.3. The highest BCUT2D eigenvalue weighted by Gasteiger charge is 2.22. The molecule has 0 radical (unpaired) electrons. The topological polar surface area (TPSA) is 6.48 Å². The summed E-state index contributed by atoms with van der Waals surface area (Å²) in [5.41, 5.74) is 2.79. The summed E-state index contributed by atoms with van der Waals surface area (Å²) in [6.07, 6.45) is 4.56. The molecule has 0 bridgehead atoms. The van der Waals surface area contributed by atoms with Gasteiger partial charge in [-0.25, -0.2) is 0 Å². The predicted molar refractivity (Wildman–Crippen MR) is 97.0 cm³/mol. The van der Waals surface area contributed by atoms with Gasteiger partial charge in [0.25, 0.3) is 0 Å². The summed E-state index contributed by atoms with van der Waals surface area (Å²) in [6.45, 7) is 6.86. The van der Waals surface area contributed by atoms with Crippen molar-refractivity contribution in [1.29, 1.82) is 0 Å². The Morgan fingerprint density at radius 3 is 1.74 bits per heavy atom. The molecule has 23 heavy (non-hydrogen) atoms. The van der Waals surface area contributed by atoms with E-state index in [0.717, 1.165) is 13.1 Å². The van der Waals surface area contributed by atoms with Gasteiger partial charge in [-0.15, -0.1) is 0 Å². The predicted octanol–water partition coefficient (Wildman–Crippen LogP) is 4.52. The van der Waals surface area contributed by atoms with E-state index in [1.807, 2.05) is 0 Å². The van der Waals surface area contributed by atoms with Crippen molar-refractivity contribution in [2.45, 2.75) is 45.4 Å². The van der Waals surface area contributed by atoms with E-state index >= 15 is 0 Å². The fourth-order valence-electron chi connectivity index (χ4n) is 3.48. The first-order valence-corrected chi connectivity index (χ1v) is 8.89. The molecule has 0 aliphatic carbocycles. The number of benzene rings is 2. The number of nitrogens with zero attached hydrogens (tertiary/aromatic N) is 2. The van der Waals surface area contributed by atoms with Crippen LogP contribution in [-0.2, 0) is 13.1 Å². The van der Waals surface area contributed by atoms with Crippen LogP contribution in [0, 0.1) is 0 Å². The first-order valence-electron chi connectivity index (χ1n) is 8.89. The molecule has 1 unspecified atom stereocenters. The van der Waals surface area contributed by atoms with E-state index in [1.54, 1.807) is 0 Å². The highest BCUT2D eigenvalue weighted by molar-refractivity contribution is 5.17. The Labute approximate surface area is 140 Å². The molecule has 0 spiro atoms. The largest absolute Gasteiger partial charge is 0.288 e. The second kappa shape index (κ2) is 8.28. The van der Waals surface area contributed by atoms with Gasteiger partial charge >= 0.3 is 0 Å². The lowest BCUT2D eigenvalue weighted by molar-refractivity contribution is 0.0300. The smallest absolute Gasteiger partial charge is 0.0599 e. The third-order valence-corrected chi connectivity index (χ3v) is 4.90. The van der Waals surface area contributed by atoms with Gasteiger partial charge in [0.2, 0.25) is 0 Å². The molecule has 2 aromatic carbocycles. The van der Waals surface area contributed by atoms with E-state index < -0.39 is 0 Å². The van der Waals surface area contributed by atoms with Crippen molar-refractivity contribution < 1.29 is 0 Å². The summed E-state index contributed by atoms with van der Waals surface area (Å²) in [6, 6.07) is 21.7. The highest BCUT2D eigenvalue weighted by atomic mass is 15.3. The van der Waals surface area contributed by atoms with Crippen LogP contribution in [0.15, 0.2) is 60.7 Å². The van der Waals surface area contributed by atoms with Crippen molar-refractivity contribution in [3.63, 3.8) is 0 Å². The second-order valence-corrected chi connectivity index (χ2v) is 6.60. The Balaban J connectivity index is 1.74. The fraction of sp³-hybridized carbons (Fsp3) is 0.429. The second-order valence-electron chi connectivity index (χ2n) is 6.60. The van der Waals surface area contributed by atoms with Gasteiger partial charge in [-0.05, 0) is 44.0 Å². The average Bonchev–Trinajstić information content (AvgIpc) is 2.63. The standard InChI is InChI=1S/C21H28N2/c1-19(22-15-9-4-10-16-22)23(17-20-11-5-2-6-12-20)18-21-13-7-3-8-14-21/h2-3,5-8,11-14,19H,4,9-10,15-18H2,1H3. The summed E-state index contributed by atoms with van der Waals surface area (Å²) < 4.78 is 0. The summed E-state index contributed by atoms with van der Waals surface area (Å²) in [4.78, 5) is 5.26. The van der Waals surface area contributed by atoms with Gasteiger partial charge in [-0.3, -0.25) is 9.80 Å². The molecule has 0 N–H and O–H groups in total. The molecular weight excluding hydrogens is 280 g/mol. The van der Waals surface area contributed by atoms with Gasteiger partial charge in [0.1, 0.15) is 0 Å². The number of piperidine rings is 1. The van der Waals surface area contributed by atoms with Crippen LogP contribution in [0.1, 0.15) is 37.3 Å². The molecule has 1 heterocycles. The molecule has 2 heteroatoms. The first kappa shape index (κ1) is 16.2. The summed E-state index contributed by atoms with van der Waals surface area (Å²) >= 11 is 0. The zero-order valence-corrected chi connectivity index (χ0v) is 14.2. The number of likely N-dealkylation sites (tertiary alicyclic amines) is 1. The number of hydrogen-bond donors (Lipinski definition) is 0. The van der Waals surface area contributed by atoms with Crippen molar-refractivity contribution in [3.8, 4) is 0 Å². The molecule has 3 rings (SSSR count). The molecule has 1 atom stereocenters. The van der Waals surface area contributed by atoms with Crippen LogP contribution < -0.4 is 0 Å². The Morgan fingerprint density at radius 1 is 0.783 bits per heavy atom. The van der Waals surface area contributed by atoms with Crippen LogP contribution in [0.2, 0.25) is 0 Å². The molecule has 0 amide bonds. The van der Waals surface area contributed by atoms with Gasteiger partial charge in [0.15, 0.2) is 0 Å². The minimum absolute atomic E-state index is 0.482. The Bertz CT molecular complexity index is 519. The zero-order chi connectivity index (χ0) is 15.9. The molecule has 0 aromatic heterocycles. The molecule has 122 valence electrons. The molecule has 1 aliphatic heterocycles. The van der Waals surface area contributed by atoms with E-state index in [1.165, 1.54) is 43.5 Å². The molecule has 2 nitrogen and oxygen atoms in total. The van der Waals surface area contributed by atoms with E-state index in [4.69, 9.17) is 0 Å². The monoisotopic (exact) mass is 308 g/mol. The van der Waals surface area contributed by atoms with Crippen molar-refractivity contribution >= 4 is 0 Å². The van der Waals surface area contributed by atoms with E-state index in [2.05, 4.69) is 77.4 Å². The Morgan fingerprint density at radius 2 is 1.26 bits per heavy atom. The maximum Gasteiger partial charge on any atom is 0.0599 e. The lowest BCUT2D eigenvalue weighted by Gasteiger charge is -2.39. The lowest BCUT2D eigenvalue weighted by Crippen LogP contribution is -2.47. The van der Waals surface area contributed by atoms with Crippen LogP contribution in [0.5, 0.6) is 0 Å². The SMILES string of the molecule is CC(N1CCCCC1)N(Cc1ccccc1)Cc1ccccc1. The van der Waals surface area contributed by atoms with Crippen LogP contribution >= 0.6 is 0 Å². The maximum absolute atomic E-state index is 2.65. The van der Waals surface area contributed by atoms with Crippen molar-refractivity contribution in [2.75, 3.05) is 13.1 Å². The summed E-state index contributed by atoms with van der Waals surface area (Å²) in [7, 11) is 0. The zero-order valence-electron chi connectivity index (χ0n) is 14.2. The van der Waals surface area contributed by atoms with Gasteiger partial charge in [0.05, 0.1) is 6.17 Å². The molecule has 1 fully saturated rings. The third kappa shape index (κ3) is 4.66. The van der Waals surface area contributed by atoms with Crippen LogP contribution in [-0.4, -0.2) is 29.1 Å². The average molecular weight is 308 g/mol. The van der Waals surface area contributed by atoms with Crippen molar-refractivity contribution in [3.05, 3.63) is 71.8 Å². The van der Waals surface area contributed by atoms with E-state index in [-0.39, 0.29) is 0 Å². The molecule has 2 aromatic rings. The Hall–Kier alpha value is -1.64. The molecule has 1 aliphatic rings. The summed E-state index contributed by atoms with van der Waals surface area (Å²) in [5.74, 6) is 0. The van der Waals surface area contributed by atoms with Crippen LogP contribution in [0.4, 0.5) is 0 Å². The van der Waals surface area contributed by atoms with Crippen LogP contribution in [0.3, 0.4) is 0 Å². The molecule has 0 saturated carbocycles. The van der Waals surface area contributed by atoms with E-state index in [0.29, 0.717) is 6.17 Å². The number of rotatable bonds is 6. The van der Waals surface area contributed by atoms with Gasteiger partial charge in [0, 0.05) is 13.1 Å². The maximum atomic E-state index is 2.65. The van der Waals surface area contributed by atoms with Crippen LogP contribution in [0.25, 0.3) is 0 Å². The van der Waals surface area contributed by atoms with Gasteiger partial charge < -0.3 is 0 Å². The van der Waals surface area contributed by atoms with Gasteiger partial charge in [-0.1, -0.05) is 67.1 Å². The lowest BCUT2D eigenvalue weighted by atomic mass is 10.1.